The number of benzene rings is 3. The number of nitrogens with one attached hydrogen (secondary N) is 2. The first-order chi connectivity index (χ1) is 27.9. The number of H-pyrrole nitrogens is 1. The lowest BCUT2D eigenvalue weighted by Crippen LogP contribution is -2.47. The highest BCUT2D eigenvalue weighted by atomic mass is 35.5. The summed E-state index contributed by atoms with van der Waals surface area (Å²) in [6.45, 7) is 4.05. The van der Waals surface area contributed by atoms with Crippen LogP contribution >= 0.6 is 11.6 Å². The maximum atomic E-state index is 13.9. The van der Waals surface area contributed by atoms with Crippen LogP contribution in [0.15, 0.2) is 95.8 Å². The minimum absolute atomic E-state index is 0.0357. The van der Waals surface area contributed by atoms with E-state index in [1.165, 1.54) is 65.5 Å². The SMILES string of the molecule is Cn1cc2cc(S(=O)(=O)NC(=O)c3ccc(N4CCN(CC5=C(c6ccc(Cl)cc6)CC6(CCC6)CC5)CC4)cc3Oc3cnc4[nH]ccc4c3)cc([N+](=O)[O-])c2n1. The third kappa shape index (κ3) is 7.40. The highest BCUT2D eigenvalue weighted by molar-refractivity contribution is 7.90. The summed E-state index contributed by atoms with van der Waals surface area (Å²) in [6, 6.07) is 19.1. The number of carbonyl (C=O) groups is 1. The predicted molar refractivity (Wildman–Crippen MR) is 222 cm³/mol. The van der Waals surface area contributed by atoms with Crippen LogP contribution in [0.5, 0.6) is 11.5 Å². The van der Waals surface area contributed by atoms with Gasteiger partial charge in [-0.05, 0) is 91.1 Å². The molecule has 0 bridgehead atoms. The van der Waals surface area contributed by atoms with Gasteiger partial charge in [0.15, 0.2) is 5.52 Å². The van der Waals surface area contributed by atoms with Gasteiger partial charge in [0.2, 0.25) is 0 Å². The van der Waals surface area contributed by atoms with E-state index in [9.17, 15) is 23.3 Å². The van der Waals surface area contributed by atoms with Gasteiger partial charge in [0.1, 0.15) is 17.1 Å². The molecule has 9 rings (SSSR count). The van der Waals surface area contributed by atoms with E-state index in [1.807, 2.05) is 18.2 Å². The normalized spacial score (nSPS) is 17.2. The molecule has 2 fully saturated rings. The highest BCUT2D eigenvalue weighted by Gasteiger charge is 2.41. The Morgan fingerprint density at radius 1 is 1.02 bits per heavy atom. The molecular weight excluding hydrogens is 780 g/mol. The largest absolute Gasteiger partial charge is 0.455 e. The number of halogens is 1. The smallest absolute Gasteiger partial charge is 0.298 e. The number of aromatic nitrogens is 4. The van der Waals surface area contributed by atoms with Crippen LogP contribution in [0.1, 0.15) is 54.4 Å². The fraction of sp³-hybridized carbons (Fsp3) is 0.310. The first kappa shape index (κ1) is 37.8. The number of allylic oxidation sites excluding steroid dienone is 1. The monoisotopic (exact) mass is 820 g/mol. The van der Waals surface area contributed by atoms with E-state index in [4.69, 9.17) is 16.3 Å². The van der Waals surface area contributed by atoms with Gasteiger partial charge in [0.05, 0.1) is 21.6 Å². The summed E-state index contributed by atoms with van der Waals surface area (Å²) in [6.07, 6.45) is 12.2. The lowest BCUT2D eigenvalue weighted by Gasteiger charge is -2.47. The van der Waals surface area contributed by atoms with Crippen molar-refractivity contribution in [3.05, 3.63) is 117 Å². The Morgan fingerprint density at radius 3 is 2.55 bits per heavy atom. The van der Waals surface area contributed by atoms with Gasteiger partial charge in [-0.1, -0.05) is 35.7 Å². The molecule has 6 aromatic rings. The molecule has 14 nitrogen and oxygen atoms in total. The van der Waals surface area contributed by atoms with Gasteiger partial charge in [-0.25, -0.2) is 18.1 Å². The van der Waals surface area contributed by atoms with Crippen LogP contribution in [0.2, 0.25) is 5.02 Å². The fourth-order valence-corrected chi connectivity index (χ4v) is 9.79. The van der Waals surface area contributed by atoms with E-state index < -0.39 is 31.4 Å². The molecule has 16 heteroatoms. The number of aryl methyl sites for hydroxylation is 1. The van der Waals surface area contributed by atoms with Crippen molar-refractivity contribution in [3.63, 3.8) is 0 Å². The maximum absolute atomic E-state index is 13.9. The van der Waals surface area contributed by atoms with E-state index in [1.54, 1.807) is 37.5 Å². The molecule has 2 N–H and O–H groups in total. The molecule has 1 amide bonds. The predicted octanol–water partition coefficient (Wildman–Crippen LogP) is 7.85. The second kappa shape index (κ2) is 14.9. The number of carbonyl (C=O) groups excluding carboxylic acids is 1. The summed E-state index contributed by atoms with van der Waals surface area (Å²) in [5.74, 6) is -0.482. The Balaban J connectivity index is 0.962. The lowest BCUT2D eigenvalue weighted by atomic mass is 9.59. The molecule has 0 atom stereocenters. The second-order valence-corrected chi connectivity index (χ2v) is 17.7. The van der Waals surface area contributed by atoms with Gasteiger partial charge in [0.25, 0.3) is 21.6 Å². The van der Waals surface area contributed by atoms with Crippen LogP contribution < -0.4 is 14.4 Å². The zero-order valence-corrected chi connectivity index (χ0v) is 33.4. The molecule has 1 saturated heterocycles. The van der Waals surface area contributed by atoms with Crippen molar-refractivity contribution in [2.45, 2.75) is 43.4 Å². The third-order valence-corrected chi connectivity index (χ3v) is 13.5. The molecular formula is C42H41ClN8O6S. The minimum atomic E-state index is -4.57. The number of aromatic amines is 1. The van der Waals surface area contributed by atoms with Crippen molar-refractivity contribution in [2.24, 2.45) is 12.5 Å². The number of ether oxygens (including phenoxy) is 1. The maximum Gasteiger partial charge on any atom is 0.298 e. The summed E-state index contributed by atoms with van der Waals surface area (Å²) >= 11 is 6.26. The standard InChI is InChI=1S/C42H41ClN8O6S/c1-48-25-30-20-34(22-37(51(53)54)39(30)46-48)58(55,56)47-41(52)35-8-7-32(21-38(35)57-33-19-28-10-14-44-40(28)45-24-33)50-17-15-49(16-18-50)26-29-9-13-42(11-2-12-42)23-36(29)27-3-5-31(43)6-4-27/h3-8,10,14,19-22,24-25H,2,9,11-13,15-18,23,26H2,1H3,(H,44,45)(H,47,52). The van der Waals surface area contributed by atoms with Crippen LogP contribution in [0.25, 0.3) is 27.5 Å². The van der Waals surface area contributed by atoms with E-state index in [-0.39, 0.29) is 22.2 Å². The number of piperazine rings is 1. The third-order valence-electron chi connectivity index (χ3n) is 11.9. The molecule has 3 aromatic carbocycles. The molecule has 1 spiro atoms. The van der Waals surface area contributed by atoms with Crippen molar-refractivity contribution in [1.29, 1.82) is 0 Å². The molecule has 4 heterocycles. The van der Waals surface area contributed by atoms with E-state index in [0.29, 0.717) is 16.8 Å². The number of fused-ring (bicyclic) bond motifs is 2. The van der Waals surface area contributed by atoms with Crippen LogP contribution in [0.4, 0.5) is 11.4 Å². The van der Waals surface area contributed by atoms with Gasteiger partial charge < -0.3 is 14.6 Å². The van der Waals surface area contributed by atoms with Gasteiger partial charge in [-0.2, -0.15) is 5.10 Å². The first-order valence-corrected chi connectivity index (χ1v) is 21.2. The molecule has 0 unspecified atom stereocenters. The van der Waals surface area contributed by atoms with Gasteiger partial charge >= 0.3 is 0 Å². The van der Waals surface area contributed by atoms with Crippen molar-refractivity contribution in [1.82, 2.24) is 29.4 Å². The molecule has 1 aliphatic heterocycles. The van der Waals surface area contributed by atoms with Crippen molar-refractivity contribution < 1.29 is 22.9 Å². The summed E-state index contributed by atoms with van der Waals surface area (Å²) in [7, 11) is -3.00. The fourth-order valence-electron chi connectivity index (χ4n) is 8.65. The number of sulfonamides is 1. The number of nitrogens with zero attached hydrogens (tertiary/aromatic N) is 6. The second-order valence-electron chi connectivity index (χ2n) is 15.6. The number of nitro groups is 1. The summed E-state index contributed by atoms with van der Waals surface area (Å²) in [5, 5.41) is 17.7. The molecule has 3 aliphatic rings. The Bertz CT molecular complexity index is 2730. The molecule has 2 aliphatic carbocycles. The number of rotatable bonds is 10. The highest BCUT2D eigenvalue weighted by Crippen LogP contribution is 2.55. The van der Waals surface area contributed by atoms with E-state index in [2.05, 4.69) is 41.7 Å². The Kier molecular flexibility index (Phi) is 9.69. The van der Waals surface area contributed by atoms with Gasteiger partial charge in [-0.15, -0.1) is 0 Å². The average molecular weight is 821 g/mol. The summed E-state index contributed by atoms with van der Waals surface area (Å²) in [4.78, 5) is 36.8. The molecule has 0 radical (unpaired) electrons. The number of amides is 1. The van der Waals surface area contributed by atoms with Crippen LogP contribution in [0.3, 0.4) is 0 Å². The average Bonchev–Trinajstić information content (AvgIpc) is 3.83. The van der Waals surface area contributed by atoms with Crippen LogP contribution in [-0.4, -0.2) is 76.6 Å². The zero-order valence-electron chi connectivity index (χ0n) is 31.8. The van der Waals surface area contributed by atoms with Crippen LogP contribution in [0, 0.1) is 15.5 Å². The first-order valence-electron chi connectivity index (χ1n) is 19.3. The zero-order chi connectivity index (χ0) is 40.2. The van der Waals surface area contributed by atoms with E-state index in [0.717, 1.165) is 67.7 Å². The van der Waals surface area contributed by atoms with Crippen LogP contribution in [-0.2, 0) is 17.1 Å². The molecule has 1 saturated carbocycles. The Hall–Kier alpha value is -5.77. The topological polar surface area (TPSA) is 169 Å². The number of pyridine rings is 1. The number of non-ortho nitro benzene ring substituents is 1. The number of hydrogen-bond acceptors (Lipinski definition) is 10. The Labute approximate surface area is 339 Å². The van der Waals surface area contributed by atoms with Gasteiger partial charge in [-0.3, -0.25) is 24.5 Å². The lowest BCUT2D eigenvalue weighted by molar-refractivity contribution is -0.383. The number of anilines is 1. The Morgan fingerprint density at radius 2 is 1.81 bits per heavy atom. The van der Waals surface area contributed by atoms with Crippen molar-refractivity contribution in [2.75, 3.05) is 37.6 Å². The van der Waals surface area contributed by atoms with Crippen molar-refractivity contribution in [3.8, 4) is 11.5 Å². The molecule has 58 heavy (non-hydrogen) atoms. The molecule has 3 aromatic heterocycles. The van der Waals surface area contributed by atoms with Crippen molar-refractivity contribution >= 4 is 66.4 Å². The minimum Gasteiger partial charge on any atom is -0.455 e. The van der Waals surface area contributed by atoms with Gasteiger partial charge in [0, 0.05) is 85.8 Å². The number of hydrogen-bond donors (Lipinski definition) is 2. The quantitative estimate of drug-likeness (QED) is 0.103. The summed E-state index contributed by atoms with van der Waals surface area (Å²) in [5.41, 5.74) is 5.68. The number of nitro benzene ring substituents is 1. The summed E-state index contributed by atoms with van der Waals surface area (Å²) < 4.78 is 37.0. The van der Waals surface area contributed by atoms with E-state index >= 15 is 0 Å². The molecule has 298 valence electrons.